The van der Waals surface area contributed by atoms with E-state index in [-0.39, 0.29) is 0 Å². The average Bonchev–Trinajstić information content (AvgIpc) is 2.96. The van der Waals surface area contributed by atoms with E-state index in [9.17, 15) is 0 Å². The fourth-order valence-electron chi connectivity index (χ4n) is 2.58. The van der Waals surface area contributed by atoms with Crippen molar-refractivity contribution in [3.63, 3.8) is 0 Å². The summed E-state index contributed by atoms with van der Waals surface area (Å²) in [5.74, 6) is 0. The zero-order chi connectivity index (χ0) is 14.1. The molecule has 3 nitrogen and oxygen atoms in total. The lowest BCUT2D eigenvalue weighted by Crippen LogP contribution is -2.05. The maximum atomic E-state index is 5.73. The molecule has 20 heavy (non-hydrogen) atoms. The van der Waals surface area contributed by atoms with Crippen LogP contribution in [0.5, 0.6) is 0 Å². The lowest BCUT2D eigenvalue weighted by atomic mass is 10.1. The predicted molar refractivity (Wildman–Crippen MR) is 85.4 cm³/mol. The van der Waals surface area contributed by atoms with Crippen LogP contribution >= 0.6 is 11.3 Å². The Morgan fingerprint density at radius 2 is 2.10 bits per heavy atom. The molecule has 0 unspecified atom stereocenters. The molecule has 0 aliphatic heterocycles. The summed E-state index contributed by atoms with van der Waals surface area (Å²) < 4.78 is 2.29. The van der Waals surface area contributed by atoms with Crippen molar-refractivity contribution in [2.24, 2.45) is 5.73 Å². The first-order valence-electron chi connectivity index (χ1n) is 6.88. The van der Waals surface area contributed by atoms with Gasteiger partial charge in [0.1, 0.15) is 5.01 Å². The second kappa shape index (κ2) is 5.38. The zero-order valence-corrected chi connectivity index (χ0v) is 12.7. The second-order valence-corrected chi connectivity index (χ2v) is 6.37. The summed E-state index contributed by atoms with van der Waals surface area (Å²) in [7, 11) is 0. The Bertz CT molecular complexity index is 720. The Kier molecular flexibility index (Phi) is 3.59. The first-order chi connectivity index (χ1) is 9.69. The number of nitrogens with zero attached hydrogens (tertiary/aromatic N) is 2. The highest BCUT2D eigenvalue weighted by Gasteiger charge is 2.09. The van der Waals surface area contributed by atoms with Crippen LogP contribution in [0, 0.1) is 13.8 Å². The van der Waals surface area contributed by atoms with E-state index in [1.165, 1.54) is 26.4 Å². The van der Waals surface area contributed by atoms with Crippen LogP contribution in [0.15, 0.2) is 30.5 Å². The third-order valence-electron chi connectivity index (χ3n) is 3.66. The van der Waals surface area contributed by atoms with Crippen molar-refractivity contribution in [2.75, 3.05) is 6.54 Å². The molecule has 3 rings (SSSR count). The van der Waals surface area contributed by atoms with Gasteiger partial charge in [-0.25, -0.2) is 4.98 Å². The van der Waals surface area contributed by atoms with Gasteiger partial charge in [-0.15, -0.1) is 11.3 Å². The monoisotopic (exact) mass is 285 g/mol. The summed E-state index contributed by atoms with van der Waals surface area (Å²) >= 11 is 1.78. The minimum Gasteiger partial charge on any atom is -0.340 e. The summed E-state index contributed by atoms with van der Waals surface area (Å²) in [6.45, 7) is 5.72. The van der Waals surface area contributed by atoms with Crippen LogP contribution in [0.3, 0.4) is 0 Å². The van der Waals surface area contributed by atoms with E-state index < -0.39 is 0 Å². The van der Waals surface area contributed by atoms with Crippen LogP contribution < -0.4 is 5.73 Å². The Morgan fingerprint density at radius 1 is 1.25 bits per heavy atom. The quantitative estimate of drug-likeness (QED) is 0.799. The van der Waals surface area contributed by atoms with Crippen molar-refractivity contribution in [3.05, 3.63) is 51.6 Å². The maximum absolute atomic E-state index is 5.73. The smallest absolute Gasteiger partial charge is 0.113 e. The van der Waals surface area contributed by atoms with Gasteiger partial charge in [0.15, 0.2) is 0 Å². The zero-order valence-electron chi connectivity index (χ0n) is 11.9. The lowest BCUT2D eigenvalue weighted by Gasteiger charge is -2.08. The molecule has 0 aliphatic rings. The Morgan fingerprint density at radius 3 is 2.80 bits per heavy atom. The maximum Gasteiger partial charge on any atom is 0.113 e. The highest BCUT2D eigenvalue weighted by molar-refractivity contribution is 7.11. The van der Waals surface area contributed by atoms with Gasteiger partial charge in [0.25, 0.3) is 0 Å². The van der Waals surface area contributed by atoms with Gasteiger partial charge in [0.05, 0.1) is 17.8 Å². The number of fused-ring (bicyclic) bond motifs is 1. The molecule has 0 radical (unpaired) electrons. The summed E-state index contributed by atoms with van der Waals surface area (Å²) in [4.78, 5) is 5.94. The molecule has 0 atom stereocenters. The van der Waals surface area contributed by atoms with Crippen LogP contribution in [0.2, 0.25) is 0 Å². The van der Waals surface area contributed by atoms with E-state index in [0.717, 1.165) is 18.7 Å². The van der Waals surface area contributed by atoms with Crippen molar-refractivity contribution < 1.29 is 0 Å². The molecule has 4 heteroatoms. The third kappa shape index (κ3) is 2.37. The first-order valence-corrected chi connectivity index (χ1v) is 7.70. The van der Waals surface area contributed by atoms with E-state index in [0.29, 0.717) is 6.54 Å². The molecular formula is C16H19N3S. The van der Waals surface area contributed by atoms with Crippen LogP contribution in [-0.4, -0.2) is 16.1 Å². The van der Waals surface area contributed by atoms with Crippen molar-refractivity contribution in [1.82, 2.24) is 9.55 Å². The number of benzene rings is 1. The van der Waals surface area contributed by atoms with Gasteiger partial charge < -0.3 is 10.3 Å². The summed E-state index contributed by atoms with van der Waals surface area (Å²) in [6, 6.07) is 8.60. The number of para-hydroxylation sites is 1. The second-order valence-electron chi connectivity index (χ2n) is 5.09. The fourth-order valence-corrected chi connectivity index (χ4v) is 3.52. The van der Waals surface area contributed by atoms with Crippen LogP contribution in [0.4, 0.5) is 0 Å². The minimum absolute atomic E-state index is 0.680. The normalized spacial score (nSPS) is 11.3. The van der Waals surface area contributed by atoms with Crippen LogP contribution in [0.25, 0.3) is 10.9 Å². The van der Waals surface area contributed by atoms with Crippen LogP contribution in [0.1, 0.15) is 21.1 Å². The number of aromatic nitrogens is 2. The Balaban J connectivity index is 2.03. The SMILES string of the molecule is Cc1nc(Cn2ccc3cccc(CCN)c32)sc1C. The highest BCUT2D eigenvalue weighted by atomic mass is 32.1. The first kappa shape index (κ1) is 13.3. The van der Waals surface area contributed by atoms with Gasteiger partial charge in [-0.05, 0) is 43.8 Å². The summed E-state index contributed by atoms with van der Waals surface area (Å²) in [6.07, 6.45) is 3.06. The molecule has 0 bridgehead atoms. The molecule has 2 aromatic heterocycles. The molecule has 104 valence electrons. The number of thiazole rings is 1. The lowest BCUT2D eigenvalue weighted by molar-refractivity contribution is 0.817. The number of rotatable bonds is 4. The topological polar surface area (TPSA) is 43.8 Å². The fraction of sp³-hybridized carbons (Fsp3) is 0.312. The molecular weight excluding hydrogens is 266 g/mol. The molecule has 3 aromatic rings. The summed E-state index contributed by atoms with van der Waals surface area (Å²) in [5.41, 5.74) is 9.48. The highest BCUT2D eigenvalue weighted by Crippen LogP contribution is 2.24. The van der Waals surface area contributed by atoms with Gasteiger partial charge in [-0.3, -0.25) is 0 Å². The molecule has 2 N–H and O–H groups in total. The molecule has 0 saturated heterocycles. The molecule has 0 aliphatic carbocycles. The van der Waals surface area contributed by atoms with E-state index in [4.69, 9.17) is 5.73 Å². The number of aryl methyl sites for hydroxylation is 2. The van der Waals surface area contributed by atoms with E-state index >= 15 is 0 Å². The molecule has 2 heterocycles. The Hall–Kier alpha value is -1.65. The standard InChI is InChI=1S/C16H19N3S/c1-11-12(2)20-15(18-11)10-19-9-7-14-5-3-4-13(6-8-17)16(14)19/h3-5,7,9H,6,8,10,17H2,1-2H3. The van der Waals surface area contributed by atoms with Gasteiger partial charge in [-0.2, -0.15) is 0 Å². The van der Waals surface area contributed by atoms with E-state index in [1.54, 1.807) is 11.3 Å². The molecule has 0 amide bonds. The van der Waals surface area contributed by atoms with Gasteiger partial charge in [0, 0.05) is 11.1 Å². The van der Waals surface area contributed by atoms with Gasteiger partial charge >= 0.3 is 0 Å². The third-order valence-corrected chi connectivity index (χ3v) is 4.72. The van der Waals surface area contributed by atoms with E-state index in [1.807, 2.05) is 0 Å². The average molecular weight is 285 g/mol. The molecule has 0 fully saturated rings. The van der Waals surface area contributed by atoms with Crippen LogP contribution in [-0.2, 0) is 13.0 Å². The van der Waals surface area contributed by atoms with Crippen molar-refractivity contribution in [1.29, 1.82) is 0 Å². The number of nitrogens with two attached hydrogens (primary N) is 1. The molecule has 1 aromatic carbocycles. The molecule has 0 spiro atoms. The molecule has 0 saturated carbocycles. The van der Waals surface area contributed by atoms with Crippen molar-refractivity contribution in [3.8, 4) is 0 Å². The Labute approximate surface area is 123 Å². The summed E-state index contributed by atoms with van der Waals surface area (Å²) in [5, 5.41) is 2.45. The van der Waals surface area contributed by atoms with Crippen molar-refractivity contribution in [2.45, 2.75) is 26.8 Å². The van der Waals surface area contributed by atoms with E-state index in [2.05, 4.69) is 53.9 Å². The van der Waals surface area contributed by atoms with Crippen molar-refractivity contribution >= 4 is 22.2 Å². The number of hydrogen-bond acceptors (Lipinski definition) is 3. The minimum atomic E-state index is 0.680. The van der Waals surface area contributed by atoms with Gasteiger partial charge in [-0.1, -0.05) is 18.2 Å². The largest absolute Gasteiger partial charge is 0.340 e. The van der Waals surface area contributed by atoms with Gasteiger partial charge in [0.2, 0.25) is 0 Å². The predicted octanol–water partition coefficient (Wildman–Crippen LogP) is 3.26. The number of hydrogen-bond donors (Lipinski definition) is 1.